The SMILES string of the molecule is CCc1ccccc1N(CC(=O)N/N=C\c1cc([N+](=O)[O-])ccc1N1CCOCC1)S(=O)(=O)c1ccccc1. The Balaban J connectivity index is 1.59. The molecule has 0 aliphatic carbocycles. The molecule has 1 N–H and O–H groups in total. The maximum absolute atomic E-state index is 13.6. The predicted octanol–water partition coefficient (Wildman–Crippen LogP) is 3.34. The minimum atomic E-state index is -4.07. The lowest BCUT2D eigenvalue weighted by Crippen LogP contribution is -2.40. The molecule has 12 heteroatoms. The standard InChI is InChI=1S/C27H29N5O6S/c1-2-21-8-6-7-11-26(21)31(39(36,37)24-9-4-3-5-10-24)20-27(33)29-28-19-22-18-23(32(34)35)12-13-25(22)30-14-16-38-17-15-30/h3-13,18-19H,2,14-17,20H2,1H3,(H,29,33)/b28-19-. The fourth-order valence-electron chi connectivity index (χ4n) is 4.26. The summed E-state index contributed by atoms with van der Waals surface area (Å²) in [5.41, 5.74) is 4.59. The lowest BCUT2D eigenvalue weighted by atomic mass is 10.1. The van der Waals surface area contributed by atoms with Crippen LogP contribution < -0.4 is 14.6 Å². The first kappa shape index (κ1) is 27.7. The molecule has 0 atom stereocenters. The van der Waals surface area contributed by atoms with Crippen molar-refractivity contribution in [3.63, 3.8) is 0 Å². The number of rotatable bonds is 10. The first-order valence-corrected chi connectivity index (χ1v) is 13.8. The molecule has 39 heavy (non-hydrogen) atoms. The molecule has 3 aromatic rings. The largest absolute Gasteiger partial charge is 0.378 e. The molecule has 1 saturated heterocycles. The summed E-state index contributed by atoms with van der Waals surface area (Å²) in [5.74, 6) is -0.671. The van der Waals surface area contributed by atoms with Gasteiger partial charge in [-0.05, 0) is 36.2 Å². The first-order chi connectivity index (χ1) is 18.8. The van der Waals surface area contributed by atoms with Gasteiger partial charge in [0.15, 0.2) is 0 Å². The molecule has 204 valence electrons. The Hall–Kier alpha value is -4.29. The van der Waals surface area contributed by atoms with Gasteiger partial charge in [0.25, 0.3) is 21.6 Å². The third-order valence-electron chi connectivity index (χ3n) is 6.23. The molecule has 0 radical (unpaired) electrons. The van der Waals surface area contributed by atoms with Crippen LogP contribution in [-0.4, -0.2) is 58.3 Å². The molecule has 0 spiro atoms. The second-order valence-electron chi connectivity index (χ2n) is 8.70. The van der Waals surface area contributed by atoms with Gasteiger partial charge >= 0.3 is 0 Å². The summed E-state index contributed by atoms with van der Waals surface area (Å²) in [6, 6.07) is 19.3. The Labute approximate surface area is 226 Å². The number of carbonyl (C=O) groups excluding carboxylic acids is 1. The van der Waals surface area contributed by atoms with E-state index in [0.29, 0.717) is 49.7 Å². The van der Waals surface area contributed by atoms with Crippen LogP contribution in [0, 0.1) is 10.1 Å². The Morgan fingerprint density at radius 3 is 2.49 bits per heavy atom. The number of hydrogen-bond donors (Lipinski definition) is 1. The topological polar surface area (TPSA) is 134 Å². The van der Waals surface area contributed by atoms with Crippen molar-refractivity contribution >= 4 is 39.2 Å². The number of para-hydroxylation sites is 1. The van der Waals surface area contributed by atoms with E-state index in [2.05, 4.69) is 10.5 Å². The fraction of sp³-hybridized carbons (Fsp3) is 0.259. The zero-order valence-corrected chi connectivity index (χ0v) is 22.2. The number of morpholine rings is 1. The van der Waals surface area contributed by atoms with E-state index in [9.17, 15) is 23.3 Å². The molecule has 0 aromatic heterocycles. The molecular formula is C27H29N5O6S. The number of amides is 1. The molecule has 0 unspecified atom stereocenters. The van der Waals surface area contributed by atoms with Crippen LogP contribution in [0.15, 0.2) is 82.8 Å². The summed E-state index contributed by atoms with van der Waals surface area (Å²) < 4.78 is 33.6. The number of nitrogens with zero attached hydrogens (tertiary/aromatic N) is 4. The highest BCUT2D eigenvalue weighted by Crippen LogP contribution is 2.28. The van der Waals surface area contributed by atoms with E-state index in [4.69, 9.17) is 4.74 Å². The number of carbonyl (C=O) groups is 1. The molecule has 1 aliphatic rings. The molecule has 0 saturated carbocycles. The molecule has 1 heterocycles. The van der Waals surface area contributed by atoms with Gasteiger partial charge in [-0.1, -0.05) is 43.3 Å². The third kappa shape index (κ3) is 6.59. The van der Waals surface area contributed by atoms with Crippen molar-refractivity contribution in [2.45, 2.75) is 18.2 Å². The van der Waals surface area contributed by atoms with Crippen LogP contribution >= 0.6 is 0 Å². The molecule has 1 aliphatic heterocycles. The number of hydrogen-bond acceptors (Lipinski definition) is 8. The molecule has 3 aromatic carbocycles. The average molecular weight is 552 g/mol. The van der Waals surface area contributed by atoms with Crippen LogP contribution in [0.25, 0.3) is 0 Å². The van der Waals surface area contributed by atoms with Gasteiger partial charge in [0, 0.05) is 36.5 Å². The summed E-state index contributed by atoms with van der Waals surface area (Å²) in [6.45, 7) is 3.64. The van der Waals surface area contributed by atoms with Gasteiger partial charge < -0.3 is 9.64 Å². The predicted molar refractivity (Wildman–Crippen MR) is 149 cm³/mol. The zero-order valence-electron chi connectivity index (χ0n) is 21.4. The summed E-state index contributed by atoms with van der Waals surface area (Å²) in [4.78, 5) is 25.9. The number of benzene rings is 3. The highest BCUT2D eigenvalue weighted by atomic mass is 32.2. The maximum Gasteiger partial charge on any atom is 0.270 e. The highest BCUT2D eigenvalue weighted by molar-refractivity contribution is 7.92. The van der Waals surface area contributed by atoms with Gasteiger partial charge in [0.05, 0.1) is 34.9 Å². The van der Waals surface area contributed by atoms with Crippen molar-refractivity contribution in [3.8, 4) is 0 Å². The monoisotopic (exact) mass is 551 g/mol. The number of hydrazone groups is 1. The van der Waals surface area contributed by atoms with E-state index >= 15 is 0 Å². The van der Waals surface area contributed by atoms with Crippen molar-refractivity contribution in [1.82, 2.24) is 5.43 Å². The lowest BCUT2D eigenvalue weighted by Gasteiger charge is -2.29. The minimum Gasteiger partial charge on any atom is -0.378 e. The Kier molecular flexibility index (Phi) is 8.89. The number of nitro groups is 1. The van der Waals surface area contributed by atoms with Gasteiger partial charge in [-0.3, -0.25) is 19.2 Å². The second-order valence-corrected chi connectivity index (χ2v) is 10.6. The molecular weight excluding hydrogens is 522 g/mol. The van der Waals surface area contributed by atoms with Gasteiger partial charge in [-0.2, -0.15) is 5.10 Å². The Morgan fingerprint density at radius 1 is 1.10 bits per heavy atom. The zero-order chi connectivity index (χ0) is 27.8. The summed E-state index contributed by atoms with van der Waals surface area (Å²) in [7, 11) is -4.07. The smallest absolute Gasteiger partial charge is 0.270 e. The van der Waals surface area contributed by atoms with Gasteiger partial charge in [0.1, 0.15) is 6.54 Å². The quantitative estimate of drug-likeness (QED) is 0.232. The fourth-order valence-corrected chi connectivity index (χ4v) is 5.74. The number of ether oxygens (including phenoxy) is 1. The van der Waals surface area contributed by atoms with E-state index in [1.807, 2.05) is 24.0 Å². The van der Waals surface area contributed by atoms with E-state index in [0.717, 1.165) is 9.87 Å². The van der Waals surface area contributed by atoms with Crippen LogP contribution in [0.4, 0.5) is 17.1 Å². The van der Waals surface area contributed by atoms with Crippen LogP contribution in [0.2, 0.25) is 0 Å². The number of sulfonamides is 1. The first-order valence-electron chi connectivity index (χ1n) is 12.4. The molecule has 0 bridgehead atoms. The number of nitrogens with one attached hydrogen (secondary N) is 1. The second kappa shape index (κ2) is 12.5. The van der Waals surface area contributed by atoms with Crippen LogP contribution in [-0.2, 0) is 26.0 Å². The molecule has 4 rings (SSSR count). The third-order valence-corrected chi connectivity index (χ3v) is 8.00. The minimum absolute atomic E-state index is 0.0546. The van der Waals surface area contributed by atoms with Gasteiger partial charge in [-0.25, -0.2) is 13.8 Å². The van der Waals surface area contributed by atoms with Crippen LogP contribution in [0.3, 0.4) is 0 Å². The van der Waals surface area contributed by atoms with Crippen LogP contribution in [0.5, 0.6) is 0 Å². The summed E-state index contributed by atoms with van der Waals surface area (Å²) in [5, 5.41) is 15.4. The number of nitro benzene ring substituents is 1. The molecule has 11 nitrogen and oxygen atoms in total. The number of aryl methyl sites for hydroxylation is 1. The van der Waals surface area contributed by atoms with Crippen molar-refractivity contribution in [2.75, 3.05) is 42.1 Å². The van der Waals surface area contributed by atoms with Gasteiger partial charge in [-0.15, -0.1) is 0 Å². The molecule has 1 fully saturated rings. The van der Waals surface area contributed by atoms with Crippen molar-refractivity contribution < 1.29 is 22.9 Å². The van der Waals surface area contributed by atoms with Crippen molar-refractivity contribution in [3.05, 3.63) is 94.0 Å². The van der Waals surface area contributed by atoms with E-state index in [-0.39, 0.29) is 10.6 Å². The van der Waals surface area contributed by atoms with Crippen molar-refractivity contribution in [1.29, 1.82) is 0 Å². The highest BCUT2D eigenvalue weighted by Gasteiger charge is 2.28. The normalized spacial score (nSPS) is 13.8. The Bertz CT molecular complexity index is 1460. The Morgan fingerprint density at radius 2 is 1.79 bits per heavy atom. The van der Waals surface area contributed by atoms with Crippen molar-refractivity contribution in [2.24, 2.45) is 5.10 Å². The number of non-ortho nitro benzene ring substituents is 1. The summed E-state index contributed by atoms with van der Waals surface area (Å²) >= 11 is 0. The van der Waals surface area contributed by atoms with E-state index in [1.165, 1.54) is 30.5 Å². The molecule has 1 amide bonds. The maximum atomic E-state index is 13.6. The summed E-state index contributed by atoms with van der Waals surface area (Å²) in [6.07, 6.45) is 1.89. The van der Waals surface area contributed by atoms with Gasteiger partial charge in [0.2, 0.25) is 0 Å². The van der Waals surface area contributed by atoms with Crippen LogP contribution in [0.1, 0.15) is 18.1 Å². The van der Waals surface area contributed by atoms with E-state index < -0.39 is 27.4 Å². The lowest BCUT2D eigenvalue weighted by molar-refractivity contribution is -0.384. The van der Waals surface area contributed by atoms with E-state index in [1.54, 1.807) is 36.4 Å². The number of anilines is 2. The average Bonchev–Trinajstić information content (AvgIpc) is 2.96.